The van der Waals surface area contributed by atoms with Crippen LogP contribution < -0.4 is 0 Å². The number of nitrogens with zero attached hydrogens (tertiary/aromatic N) is 3. The molecule has 0 N–H and O–H groups in total. The van der Waals surface area contributed by atoms with Crippen LogP contribution in [0.5, 0.6) is 0 Å². The van der Waals surface area contributed by atoms with Crippen LogP contribution in [0.4, 0.5) is 5.69 Å². The number of hydrogen-bond acceptors (Lipinski definition) is 4. The molecule has 0 radical (unpaired) electrons. The minimum absolute atomic E-state index is 0.205. The lowest BCUT2D eigenvalue weighted by Gasteiger charge is -1.97. The van der Waals surface area contributed by atoms with E-state index in [0.717, 1.165) is 0 Å². The van der Waals surface area contributed by atoms with Gasteiger partial charge in [-0.05, 0) is 6.92 Å². The smallest absolute Gasteiger partial charge is 0.174 e. The highest BCUT2D eigenvalue weighted by molar-refractivity contribution is 6.37. The van der Waals surface area contributed by atoms with Crippen molar-refractivity contribution in [2.24, 2.45) is 4.99 Å². The van der Waals surface area contributed by atoms with Crippen molar-refractivity contribution < 1.29 is 4.74 Å². The van der Waals surface area contributed by atoms with Crippen LogP contribution in [0.25, 0.3) is 0 Å². The molecule has 1 aromatic heterocycles. The van der Waals surface area contributed by atoms with Gasteiger partial charge >= 0.3 is 0 Å². The van der Waals surface area contributed by atoms with Crippen LogP contribution in [0.1, 0.15) is 6.92 Å². The van der Waals surface area contributed by atoms with E-state index in [1.165, 1.54) is 12.7 Å². The van der Waals surface area contributed by atoms with E-state index in [1.807, 2.05) is 6.92 Å². The first-order valence-electron chi connectivity index (χ1n) is 3.55. The maximum atomic E-state index is 5.70. The summed E-state index contributed by atoms with van der Waals surface area (Å²) < 4.78 is 4.88. The van der Waals surface area contributed by atoms with Crippen molar-refractivity contribution in [2.45, 2.75) is 6.92 Å². The van der Waals surface area contributed by atoms with Crippen LogP contribution in [0.15, 0.2) is 11.3 Å². The van der Waals surface area contributed by atoms with Gasteiger partial charge in [-0.25, -0.2) is 15.0 Å². The Morgan fingerprint density at radius 3 is 2.62 bits per heavy atom. The normalized spacial score (nSPS) is 10.7. The molecule has 0 aromatic carbocycles. The molecule has 0 spiro atoms. The zero-order chi connectivity index (χ0) is 9.68. The number of aliphatic imine (C=N–C) groups is 1. The Kier molecular flexibility index (Phi) is 3.92. The average Bonchev–Trinajstić information content (AvgIpc) is 2.10. The van der Waals surface area contributed by atoms with Crippen LogP contribution in [0.2, 0.25) is 10.3 Å². The molecule has 0 saturated carbocycles. The summed E-state index contributed by atoms with van der Waals surface area (Å²) in [5, 5.41) is 0.409. The highest BCUT2D eigenvalue weighted by atomic mass is 35.5. The van der Waals surface area contributed by atoms with E-state index in [4.69, 9.17) is 27.9 Å². The number of aromatic nitrogens is 2. The lowest BCUT2D eigenvalue weighted by molar-refractivity contribution is 0.344. The fourth-order valence-electron chi connectivity index (χ4n) is 0.609. The molecule has 1 aromatic rings. The minimum atomic E-state index is 0.205. The molecule has 0 aliphatic rings. The molecule has 6 heteroatoms. The van der Waals surface area contributed by atoms with Gasteiger partial charge < -0.3 is 4.74 Å². The molecule has 0 unspecified atom stereocenters. The lowest BCUT2D eigenvalue weighted by Crippen LogP contribution is -1.86. The van der Waals surface area contributed by atoms with Crippen molar-refractivity contribution >= 4 is 35.3 Å². The third kappa shape index (κ3) is 2.82. The van der Waals surface area contributed by atoms with Crippen molar-refractivity contribution in [3.8, 4) is 0 Å². The van der Waals surface area contributed by atoms with Crippen molar-refractivity contribution in [1.29, 1.82) is 0 Å². The van der Waals surface area contributed by atoms with E-state index in [-0.39, 0.29) is 10.3 Å². The Balaban J connectivity index is 2.87. The van der Waals surface area contributed by atoms with Crippen molar-refractivity contribution in [1.82, 2.24) is 9.97 Å². The van der Waals surface area contributed by atoms with E-state index >= 15 is 0 Å². The summed E-state index contributed by atoms with van der Waals surface area (Å²) in [6, 6.07) is 0. The van der Waals surface area contributed by atoms with Crippen molar-refractivity contribution in [3.63, 3.8) is 0 Å². The van der Waals surface area contributed by atoms with Gasteiger partial charge in [0.25, 0.3) is 0 Å². The summed E-state index contributed by atoms with van der Waals surface area (Å²) in [5.74, 6) is 0. The molecular weight excluding hydrogens is 213 g/mol. The molecule has 0 amide bonds. The third-order valence-corrected chi connectivity index (χ3v) is 1.71. The molecule has 0 atom stereocenters. The Labute approximate surface area is 85.6 Å². The van der Waals surface area contributed by atoms with E-state index in [1.54, 1.807) is 0 Å². The average molecular weight is 220 g/mol. The molecule has 0 aliphatic heterocycles. The molecule has 1 rings (SSSR count). The highest BCUT2D eigenvalue weighted by Gasteiger charge is 2.04. The summed E-state index contributed by atoms with van der Waals surface area (Å²) in [6.07, 6.45) is 2.53. The van der Waals surface area contributed by atoms with Crippen molar-refractivity contribution in [2.75, 3.05) is 6.61 Å². The summed E-state index contributed by atoms with van der Waals surface area (Å²) in [7, 11) is 0. The molecule has 0 saturated heterocycles. The molecule has 70 valence electrons. The minimum Gasteiger partial charge on any atom is -0.483 e. The molecule has 1 heterocycles. The molecule has 4 nitrogen and oxygen atoms in total. The summed E-state index contributed by atoms with van der Waals surface area (Å²) in [6.45, 7) is 2.38. The molecule has 0 fully saturated rings. The Bertz CT molecular complexity index is 296. The van der Waals surface area contributed by atoms with Crippen LogP contribution in [0.3, 0.4) is 0 Å². The molecule has 0 bridgehead atoms. The fraction of sp³-hybridized carbons (Fsp3) is 0.286. The first kappa shape index (κ1) is 10.2. The Morgan fingerprint density at radius 1 is 1.46 bits per heavy atom. The van der Waals surface area contributed by atoms with Gasteiger partial charge in [-0.2, -0.15) is 0 Å². The topological polar surface area (TPSA) is 47.4 Å². The Hall–Kier alpha value is -0.870. The maximum Gasteiger partial charge on any atom is 0.174 e. The fourth-order valence-corrected chi connectivity index (χ4v) is 1.02. The first-order valence-corrected chi connectivity index (χ1v) is 4.31. The number of rotatable bonds is 3. The zero-order valence-corrected chi connectivity index (χ0v) is 8.38. The number of ether oxygens (including phenoxy) is 1. The van der Waals surface area contributed by atoms with Gasteiger partial charge in [0.2, 0.25) is 0 Å². The standard InChI is InChI=1S/C7H7Cl2N3O/c1-2-13-4-12-5-6(8)10-3-11-7(5)9/h3-4H,2H2,1H3. The molecular formula is C7H7Cl2N3O. The van der Waals surface area contributed by atoms with E-state index in [0.29, 0.717) is 12.3 Å². The quantitative estimate of drug-likeness (QED) is 0.446. The van der Waals surface area contributed by atoms with E-state index < -0.39 is 0 Å². The van der Waals surface area contributed by atoms with Gasteiger partial charge in [-0.15, -0.1) is 0 Å². The van der Waals surface area contributed by atoms with Gasteiger partial charge in [0.15, 0.2) is 16.7 Å². The van der Waals surface area contributed by atoms with Gasteiger partial charge in [0.05, 0.1) is 6.61 Å². The number of hydrogen-bond donors (Lipinski definition) is 0. The van der Waals surface area contributed by atoms with Gasteiger partial charge in [0, 0.05) is 0 Å². The maximum absolute atomic E-state index is 5.70. The molecule has 13 heavy (non-hydrogen) atoms. The van der Waals surface area contributed by atoms with Gasteiger partial charge in [-0.3, -0.25) is 0 Å². The van der Waals surface area contributed by atoms with Crippen LogP contribution in [-0.2, 0) is 4.74 Å². The van der Waals surface area contributed by atoms with Crippen LogP contribution in [-0.4, -0.2) is 23.0 Å². The predicted octanol–water partition coefficient (Wildman–Crippen LogP) is 2.48. The van der Waals surface area contributed by atoms with Crippen LogP contribution >= 0.6 is 23.2 Å². The monoisotopic (exact) mass is 219 g/mol. The molecule has 0 aliphatic carbocycles. The van der Waals surface area contributed by atoms with Crippen molar-refractivity contribution in [3.05, 3.63) is 16.6 Å². The second-order valence-electron chi connectivity index (χ2n) is 1.99. The summed E-state index contributed by atoms with van der Waals surface area (Å²) >= 11 is 11.4. The van der Waals surface area contributed by atoms with E-state index in [9.17, 15) is 0 Å². The second kappa shape index (κ2) is 4.99. The summed E-state index contributed by atoms with van der Waals surface area (Å²) in [5.41, 5.74) is 0.319. The highest BCUT2D eigenvalue weighted by Crippen LogP contribution is 2.28. The summed E-state index contributed by atoms with van der Waals surface area (Å²) in [4.78, 5) is 11.3. The Morgan fingerprint density at radius 2 is 2.08 bits per heavy atom. The zero-order valence-electron chi connectivity index (χ0n) is 6.87. The predicted molar refractivity (Wildman–Crippen MR) is 51.8 cm³/mol. The third-order valence-electron chi connectivity index (χ3n) is 1.16. The van der Waals surface area contributed by atoms with E-state index in [2.05, 4.69) is 15.0 Å². The SMILES string of the molecule is CCOC=Nc1c(Cl)ncnc1Cl. The first-order chi connectivity index (χ1) is 6.25. The second-order valence-corrected chi connectivity index (χ2v) is 2.71. The lowest BCUT2D eigenvalue weighted by atomic mass is 10.5. The van der Waals surface area contributed by atoms with Gasteiger partial charge in [0.1, 0.15) is 12.0 Å². The largest absolute Gasteiger partial charge is 0.483 e. The van der Waals surface area contributed by atoms with Gasteiger partial charge in [-0.1, -0.05) is 23.2 Å². The number of halogens is 2. The van der Waals surface area contributed by atoms with Crippen LogP contribution in [0, 0.1) is 0 Å².